The Morgan fingerprint density at radius 2 is 2.17 bits per heavy atom. The van der Waals surface area contributed by atoms with Gasteiger partial charge >= 0.3 is 0 Å². The van der Waals surface area contributed by atoms with E-state index >= 15 is 0 Å². The molecule has 1 aromatic rings. The summed E-state index contributed by atoms with van der Waals surface area (Å²) in [5.74, 6) is 0.169. The van der Waals surface area contributed by atoms with Gasteiger partial charge in [-0.15, -0.1) is 0 Å². The summed E-state index contributed by atoms with van der Waals surface area (Å²) in [6.45, 7) is 1.52. The number of nitrogens with one attached hydrogen (secondary N) is 1. The first kappa shape index (κ1) is 15.2. The summed E-state index contributed by atoms with van der Waals surface area (Å²) in [6, 6.07) is 3.75. The van der Waals surface area contributed by atoms with Crippen molar-refractivity contribution in [2.24, 2.45) is 0 Å². The second kappa shape index (κ2) is 6.38. The number of sulfonamides is 1. The quantitative estimate of drug-likeness (QED) is 0.831. The highest BCUT2D eigenvalue weighted by Crippen LogP contribution is 2.27. The second-order valence-electron chi connectivity index (χ2n) is 3.70. The van der Waals surface area contributed by atoms with Crippen LogP contribution in [-0.2, 0) is 10.0 Å². The minimum absolute atomic E-state index is 0.00120. The van der Waals surface area contributed by atoms with Gasteiger partial charge in [0, 0.05) is 17.1 Å². The van der Waals surface area contributed by atoms with Crippen molar-refractivity contribution in [1.82, 2.24) is 4.72 Å². The lowest BCUT2D eigenvalue weighted by Crippen LogP contribution is -2.37. The molecule has 0 amide bonds. The zero-order valence-electron chi connectivity index (χ0n) is 10.2. The molecule has 0 aliphatic heterocycles. The maximum Gasteiger partial charge on any atom is 0.244 e. The number of hydrogen-bond donors (Lipinski definition) is 2. The predicted molar refractivity (Wildman–Crippen MR) is 69.5 cm³/mol. The molecule has 1 atom stereocenters. The molecule has 18 heavy (non-hydrogen) atoms. The monoisotopic (exact) mass is 293 g/mol. The number of aliphatic hydroxyl groups is 1. The summed E-state index contributed by atoms with van der Waals surface area (Å²) in [4.78, 5) is 0.00120. The Kier molecular flexibility index (Phi) is 5.40. The molecule has 2 N–H and O–H groups in total. The molecule has 0 bridgehead atoms. The van der Waals surface area contributed by atoms with Crippen LogP contribution in [0.25, 0.3) is 0 Å². The Morgan fingerprint density at radius 3 is 2.67 bits per heavy atom. The molecule has 102 valence electrons. The van der Waals surface area contributed by atoms with Gasteiger partial charge in [0.05, 0.1) is 13.7 Å². The molecule has 1 aromatic carbocycles. The van der Waals surface area contributed by atoms with Crippen molar-refractivity contribution in [1.29, 1.82) is 0 Å². The Bertz CT molecular complexity index is 500. The molecule has 0 radical (unpaired) electrons. The highest BCUT2D eigenvalue weighted by Gasteiger charge is 2.22. The number of benzene rings is 1. The van der Waals surface area contributed by atoms with Crippen molar-refractivity contribution in [3.63, 3.8) is 0 Å². The van der Waals surface area contributed by atoms with Crippen molar-refractivity contribution in [2.45, 2.75) is 24.3 Å². The van der Waals surface area contributed by atoms with Crippen LogP contribution in [-0.4, -0.2) is 33.3 Å². The zero-order valence-corrected chi connectivity index (χ0v) is 11.8. The fraction of sp³-hybridized carbons (Fsp3) is 0.455. The van der Waals surface area contributed by atoms with Crippen LogP contribution in [0.4, 0.5) is 0 Å². The van der Waals surface area contributed by atoms with Gasteiger partial charge in [-0.25, -0.2) is 13.1 Å². The molecule has 0 saturated carbocycles. The molecule has 0 saturated heterocycles. The second-order valence-corrected chi connectivity index (χ2v) is 5.82. The molecule has 0 aromatic heterocycles. The lowest BCUT2D eigenvalue weighted by Gasteiger charge is -2.16. The zero-order chi connectivity index (χ0) is 13.8. The first-order valence-corrected chi connectivity index (χ1v) is 7.27. The van der Waals surface area contributed by atoms with E-state index in [2.05, 4.69) is 4.72 Å². The van der Waals surface area contributed by atoms with Crippen molar-refractivity contribution in [2.75, 3.05) is 13.7 Å². The summed E-state index contributed by atoms with van der Waals surface area (Å²) >= 11 is 5.77. The van der Waals surface area contributed by atoms with Gasteiger partial charge in [0.15, 0.2) is 0 Å². The Morgan fingerprint density at radius 1 is 1.50 bits per heavy atom. The number of aliphatic hydroxyl groups excluding tert-OH is 1. The first-order valence-electron chi connectivity index (χ1n) is 5.41. The summed E-state index contributed by atoms with van der Waals surface area (Å²) in [7, 11) is -2.37. The highest BCUT2D eigenvalue weighted by atomic mass is 35.5. The molecular formula is C11H16ClNO4S. The van der Waals surface area contributed by atoms with E-state index in [-0.39, 0.29) is 17.3 Å². The number of rotatable bonds is 6. The van der Waals surface area contributed by atoms with E-state index in [1.54, 1.807) is 6.92 Å². The van der Waals surface area contributed by atoms with Gasteiger partial charge in [-0.3, -0.25) is 0 Å². The van der Waals surface area contributed by atoms with Gasteiger partial charge in [0.1, 0.15) is 10.6 Å². The summed E-state index contributed by atoms with van der Waals surface area (Å²) in [6.07, 6.45) is 0.492. The smallest absolute Gasteiger partial charge is 0.244 e. The Labute approximate surface area is 112 Å². The first-order chi connectivity index (χ1) is 8.44. The molecule has 1 rings (SSSR count). The van der Waals surface area contributed by atoms with Crippen molar-refractivity contribution in [3.05, 3.63) is 23.2 Å². The maximum absolute atomic E-state index is 12.1. The van der Waals surface area contributed by atoms with E-state index in [1.165, 1.54) is 25.3 Å². The van der Waals surface area contributed by atoms with Gasteiger partial charge in [0.2, 0.25) is 10.0 Å². The lowest BCUT2D eigenvalue weighted by molar-refractivity contribution is 0.253. The third kappa shape index (κ3) is 3.58. The van der Waals surface area contributed by atoms with Gasteiger partial charge in [-0.05, 0) is 18.6 Å². The minimum atomic E-state index is -3.74. The molecular weight excluding hydrogens is 278 g/mol. The maximum atomic E-state index is 12.1. The highest BCUT2D eigenvalue weighted by molar-refractivity contribution is 7.89. The normalized spacial score (nSPS) is 13.3. The van der Waals surface area contributed by atoms with E-state index in [0.717, 1.165) is 0 Å². The van der Waals surface area contributed by atoms with Gasteiger partial charge in [0.25, 0.3) is 0 Å². The van der Waals surface area contributed by atoms with Gasteiger partial charge < -0.3 is 9.84 Å². The predicted octanol–water partition coefficient (Wildman–Crippen LogP) is 1.40. The standard InChI is InChI=1S/C11H16ClNO4S/c1-3-9(7-14)13-18(15,16)11-5-4-8(12)6-10(11)17-2/h4-6,9,13-14H,3,7H2,1-2H3/t9-/m1/s1. The van der Waals surface area contributed by atoms with E-state index < -0.39 is 16.1 Å². The van der Waals surface area contributed by atoms with Crippen LogP contribution in [0.5, 0.6) is 5.75 Å². The van der Waals surface area contributed by atoms with Crippen molar-refractivity contribution >= 4 is 21.6 Å². The molecule has 0 unspecified atom stereocenters. The Hall–Kier alpha value is -0.820. The van der Waals surface area contributed by atoms with E-state index in [9.17, 15) is 8.42 Å². The number of hydrogen-bond acceptors (Lipinski definition) is 4. The fourth-order valence-electron chi connectivity index (χ4n) is 1.40. The van der Waals surface area contributed by atoms with E-state index in [1.807, 2.05) is 0 Å². The third-order valence-corrected chi connectivity index (χ3v) is 4.25. The van der Waals surface area contributed by atoms with Crippen LogP contribution in [0, 0.1) is 0 Å². The fourth-order valence-corrected chi connectivity index (χ4v) is 3.02. The largest absolute Gasteiger partial charge is 0.495 e. The summed E-state index contributed by atoms with van der Waals surface area (Å²) in [5.41, 5.74) is 0. The van der Waals surface area contributed by atoms with E-state index in [0.29, 0.717) is 11.4 Å². The minimum Gasteiger partial charge on any atom is -0.495 e. The van der Waals surface area contributed by atoms with Crippen LogP contribution < -0.4 is 9.46 Å². The lowest BCUT2D eigenvalue weighted by atomic mass is 10.3. The van der Waals surface area contributed by atoms with Crippen LogP contribution in [0.1, 0.15) is 13.3 Å². The summed E-state index contributed by atoms with van der Waals surface area (Å²) in [5, 5.41) is 9.42. The number of methoxy groups -OCH3 is 1. The van der Waals surface area contributed by atoms with Crippen LogP contribution in [0.3, 0.4) is 0 Å². The van der Waals surface area contributed by atoms with Crippen LogP contribution >= 0.6 is 11.6 Å². The van der Waals surface area contributed by atoms with Crippen LogP contribution in [0.2, 0.25) is 5.02 Å². The summed E-state index contributed by atoms with van der Waals surface area (Å²) < 4.78 is 31.6. The third-order valence-electron chi connectivity index (χ3n) is 2.45. The number of halogens is 1. The average Bonchev–Trinajstić information content (AvgIpc) is 2.35. The number of ether oxygens (including phenoxy) is 1. The molecule has 5 nitrogen and oxygen atoms in total. The molecule has 0 aliphatic rings. The van der Waals surface area contributed by atoms with Crippen molar-refractivity contribution in [3.8, 4) is 5.75 Å². The SMILES string of the molecule is CC[C@H](CO)NS(=O)(=O)c1ccc(Cl)cc1OC. The Balaban J connectivity index is 3.12. The van der Waals surface area contributed by atoms with Crippen LogP contribution in [0.15, 0.2) is 23.1 Å². The van der Waals surface area contributed by atoms with Gasteiger partial charge in [-0.1, -0.05) is 18.5 Å². The molecule has 0 fully saturated rings. The molecule has 0 heterocycles. The average molecular weight is 294 g/mol. The van der Waals surface area contributed by atoms with Gasteiger partial charge in [-0.2, -0.15) is 0 Å². The topological polar surface area (TPSA) is 75.6 Å². The van der Waals surface area contributed by atoms with E-state index in [4.69, 9.17) is 21.4 Å². The molecule has 0 aliphatic carbocycles. The van der Waals surface area contributed by atoms with Crippen molar-refractivity contribution < 1.29 is 18.3 Å². The molecule has 7 heteroatoms. The molecule has 0 spiro atoms.